The van der Waals surface area contributed by atoms with Crippen LogP contribution in [0.4, 0.5) is 0 Å². The monoisotopic (exact) mass is 432 g/mol. The highest BCUT2D eigenvalue weighted by Gasteiger charge is 2.47. The predicted octanol–water partition coefficient (Wildman–Crippen LogP) is 1.30. The van der Waals surface area contributed by atoms with Gasteiger partial charge in [-0.1, -0.05) is 25.6 Å². The van der Waals surface area contributed by atoms with Crippen LogP contribution in [0.2, 0.25) is 0 Å². The first-order valence-corrected chi connectivity index (χ1v) is 10.6. The highest BCUT2D eigenvalue weighted by atomic mass is 32.2. The number of hydrogen-bond acceptors (Lipinski definition) is 7. The zero-order valence-electron chi connectivity index (χ0n) is 17.5. The molecule has 1 aliphatic rings. The molecule has 9 nitrogen and oxygen atoms in total. The van der Waals surface area contributed by atoms with Gasteiger partial charge in [-0.2, -0.15) is 0 Å². The Morgan fingerprint density at radius 2 is 1.79 bits per heavy atom. The smallest absolute Gasteiger partial charge is 0.303 e. The largest absolute Gasteiger partial charge is 0.481 e. The van der Waals surface area contributed by atoms with Crippen molar-refractivity contribution in [1.82, 2.24) is 10.6 Å². The Labute approximate surface area is 175 Å². The number of ether oxygens (including phenoxy) is 2. The lowest BCUT2D eigenvalue weighted by molar-refractivity contribution is -0.315. The first-order valence-electron chi connectivity index (χ1n) is 9.66. The number of amides is 2. The summed E-state index contributed by atoms with van der Waals surface area (Å²) < 4.78 is 11.7. The number of carboxylic acid groups (broad SMARTS) is 1. The zero-order chi connectivity index (χ0) is 22.1. The molecule has 1 saturated heterocycles. The molecule has 0 aromatic rings. The van der Waals surface area contributed by atoms with E-state index < -0.39 is 23.3 Å². The van der Waals surface area contributed by atoms with Gasteiger partial charge in [-0.15, -0.1) is 0 Å². The van der Waals surface area contributed by atoms with Crippen LogP contribution < -0.4 is 10.6 Å². The molecule has 0 bridgehead atoms. The van der Waals surface area contributed by atoms with Crippen LogP contribution in [0.15, 0.2) is 0 Å². The third-order valence-corrected chi connectivity index (χ3v) is 5.28. The summed E-state index contributed by atoms with van der Waals surface area (Å²) in [7, 11) is 0. The summed E-state index contributed by atoms with van der Waals surface area (Å²) in [4.78, 5) is 46.0. The minimum absolute atomic E-state index is 0.000508. The Kier molecular flexibility index (Phi) is 10.1. The fourth-order valence-electron chi connectivity index (χ4n) is 2.82. The van der Waals surface area contributed by atoms with E-state index in [1.54, 1.807) is 6.92 Å². The summed E-state index contributed by atoms with van der Waals surface area (Å²) in [6, 6.07) is 0. The molecule has 1 rings (SSSR count). The molecule has 29 heavy (non-hydrogen) atoms. The average molecular weight is 433 g/mol. The van der Waals surface area contributed by atoms with Gasteiger partial charge in [0.25, 0.3) is 0 Å². The Balaban J connectivity index is 2.45. The number of carbonyl (C=O) groups excluding carboxylic acids is 3. The van der Waals surface area contributed by atoms with E-state index in [0.717, 1.165) is 11.8 Å². The first-order chi connectivity index (χ1) is 13.4. The van der Waals surface area contributed by atoms with E-state index >= 15 is 0 Å². The predicted molar refractivity (Wildman–Crippen MR) is 108 cm³/mol. The fourth-order valence-corrected chi connectivity index (χ4v) is 3.31. The summed E-state index contributed by atoms with van der Waals surface area (Å²) in [6.07, 6.45) is 0.0855. The Morgan fingerprint density at radius 1 is 1.10 bits per heavy atom. The lowest BCUT2D eigenvalue weighted by Gasteiger charge is -2.46. The summed E-state index contributed by atoms with van der Waals surface area (Å²) in [5, 5.41) is 14.2. The van der Waals surface area contributed by atoms with Crippen molar-refractivity contribution in [2.24, 2.45) is 5.41 Å². The summed E-state index contributed by atoms with van der Waals surface area (Å²) >= 11 is 1.14. The minimum atomic E-state index is -1.03. The van der Waals surface area contributed by atoms with Crippen molar-refractivity contribution in [2.75, 3.05) is 25.4 Å². The normalized spacial score (nSPS) is 23.2. The molecule has 2 atom stereocenters. The Bertz CT molecular complexity index is 611. The molecule has 0 aliphatic carbocycles. The molecular weight excluding hydrogens is 400 g/mol. The maximum Gasteiger partial charge on any atom is 0.303 e. The lowest BCUT2D eigenvalue weighted by atomic mass is 9.85. The van der Waals surface area contributed by atoms with Crippen molar-refractivity contribution in [3.05, 3.63) is 0 Å². The number of carbonyl (C=O) groups is 4. The maximum atomic E-state index is 12.6. The molecule has 166 valence electrons. The third kappa shape index (κ3) is 9.60. The van der Waals surface area contributed by atoms with E-state index in [4.69, 9.17) is 14.6 Å². The van der Waals surface area contributed by atoms with Gasteiger partial charge in [0.2, 0.25) is 11.8 Å². The van der Waals surface area contributed by atoms with Gasteiger partial charge in [0.05, 0.1) is 6.61 Å². The Hall–Kier alpha value is -1.65. The van der Waals surface area contributed by atoms with Gasteiger partial charge in [-0.25, -0.2) is 0 Å². The van der Waals surface area contributed by atoms with Crippen LogP contribution in [0, 0.1) is 5.41 Å². The van der Waals surface area contributed by atoms with Crippen molar-refractivity contribution >= 4 is 34.7 Å². The molecule has 3 N–H and O–H groups in total. The van der Waals surface area contributed by atoms with Gasteiger partial charge in [-0.3, -0.25) is 19.2 Å². The van der Waals surface area contributed by atoms with Crippen molar-refractivity contribution in [3.8, 4) is 0 Å². The second-order valence-electron chi connectivity index (χ2n) is 7.89. The summed E-state index contributed by atoms with van der Waals surface area (Å²) in [5.41, 5.74) is -0.567. The minimum Gasteiger partial charge on any atom is -0.481 e. The first kappa shape index (κ1) is 25.4. The van der Waals surface area contributed by atoms with E-state index in [9.17, 15) is 19.2 Å². The van der Waals surface area contributed by atoms with Crippen LogP contribution in [0.3, 0.4) is 0 Å². The topological polar surface area (TPSA) is 131 Å². The van der Waals surface area contributed by atoms with Crippen LogP contribution in [0.25, 0.3) is 0 Å². The molecule has 0 saturated carbocycles. The molecular formula is C19H32N2O7S. The van der Waals surface area contributed by atoms with E-state index in [1.807, 2.05) is 13.8 Å². The third-order valence-electron chi connectivity index (χ3n) is 4.47. The van der Waals surface area contributed by atoms with E-state index in [1.165, 1.54) is 6.92 Å². The molecule has 0 aromatic carbocycles. The highest BCUT2D eigenvalue weighted by molar-refractivity contribution is 8.13. The number of rotatable bonds is 11. The van der Waals surface area contributed by atoms with Gasteiger partial charge < -0.3 is 25.2 Å². The standard InChI is InChI=1S/C19H32N2O7S/c1-13(22)29-11-10-20-14(23)7-9-21-17(26)16-18(2,3)12-27-19(4,28-16)8-5-6-15(24)25/h16H,5-12H2,1-4H3,(H,20,23)(H,21,26)(H,24,25)/t16-,19?/m0/s1. The highest BCUT2D eigenvalue weighted by Crippen LogP contribution is 2.37. The molecule has 1 fully saturated rings. The molecule has 0 radical (unpaired) electrons. The van der Waals surface area contributed by atoms with Crippen molar-refractivity contribution in [1.29, 1.82) is 0 Å². The molecule has 1 unspecified atom stereocenters. The van der Waals surface area contributed by atoms with E-state index in [-0.39, 0.29) is 36.3 Å². The van der Waals surface area contributed by atoms with Gasteiger partial charge in [-0.05, 0) is 13.3 Å². The lowest BCUT2D eigenvalue weighted by Crippen LogP contribution is -2.57. The molecule has 0 spiro atoms. The van der Waals surface area contributed by atoms with Gasteiger partial charge >= 0.3 is 5.97 Å². The van der Waals surface area contributed by atoms with Crippen LogP contribution >= 0.6 is 11.8 Å². The number of carboxylic acids is 1. The van der Waals surface area contributed by atoms with Crippen LogP contribution in [0.1, 0.15) is 53.4 Å². The number of aliphatic carboxylic acids is 1. The van der Waals surface area contributed by atoms with Crippen molar-refractivity contribution < 1.29 is 33.8 Å². The van der Waals surface area contributed by atoms with Crippen LogP contribution in [-0.2, 0) is 28.7 Å². The summed E-state index contributed by atoms with van der Waals surface area (Å²) in [5.74, 6) is -1.95. The molecule has 1 aliphatic heterocycles. The number of thioether (sulfide) groups is 1. The van der Waals surface area contributed by atoms with Crippen molar-refractivity contribution in [3.63, 3.8) is 0 Å². The van der Waals surface area contributed by atoms with E-state index in [0.29, 0.717) is 31.7 Å². The second kappa shape index (κ2) is 11.5. The van der Waals surface area contributed by atoms with Gasteiger partial charge in [0.15, 0.2) is 10.9 Å². The molecule has 2 amide bonds. The quantitative estimate of drug-likeness (QED) is 0.417. The van der Waals surface area contributed by atoms with E-state index in [2.05, 4.69) is 10.6 Å². The maximum absolute atomic E-state index is 12.6. The van der Waals surface area contributed by atoms with Crippen molar-refractivity contribution in [2.45, 2.75) is 65.3 Å². The second-order valence-corrected chi connectivity index (χ2v) is 9.16. The SMILES string of the molecule is CC(=O)SCCNC(=O)CCNC(=O)[C@@H]1OC(C)(CCCC(=O)O)OCC1(C)C. The molecule has 10 heteroatoms. The fraction of sp³-hybridized carbons (Fsp3) is 0.789. The Morgan fingerprint density at radius 3 is 2.41 bits per heavy atom. The van der Waals surface area contributed by atoms with Crippen LogP contribution in [-0.4, -0.2) is 65.3 Å². The van der Waals surface area contributed by atoms with Gasteiger partial charge in [0, 0.05) is 50.4 Å². The summed E-state index contributed by atoms with van der Waals surface area (Å²) in [6.45, 7) is 7.73. The van der Waals surface area contributed by atoms with Gasteiger partial charge in [0.1, 0.15) is 6.10 Å². The average Bonchev–Trinajstić information content (AvgIpc) is 2.60. The number of nitrogens with one attached hydrogen (secondary N) is 2. The number of hydrogen-bond donors (Lipinski definition) is 3. The molecule has 0 aromatic heterocycles. The molecule has 1 heterocycles. The zero-order valence-corrected chi connectivity index (χ0v) is 18.4. The van der Waals surface area contributed by atoms with Crippen LogP contribution in [0.5, 0.6) is 0 Å².